The van der Waals surface area contributed by atoms with Gasteiger partial charge >= 0.3 is 0 Å². The number of halogens is 2. The Morgan fingerprint density at radius 2 is 2.05 bits per heavy atom. The summed E-state index contributed by atoms with van der Waals surface area (Å²) in [5.74, 6) is -0.681. The highest BCUT2D eigenvalue weighted by atomic mass is 32.2. The van der Waals surface area contributed by atoms with Gasteiger partial charge in [-0.05, 0) is 29.5 Å². The zero-order valence-electron chi connectivity index (χ0n) is 11.5. The standard InChI is InChI=1S/C13H11F2N5S2/c1-2-20-13(17-18-19-20)22-7-8-6-21-12(16-8)11-9(14)4-3-5-10(11)15/h3-6H,2,7H2,1H3. The lowest BCUT2D eigenvalue weighted by molar-refractivity contribution is 0.581. The van der Waals surface area contributed by atoms with E-state index in [9.17, 15) is 8.78 Å². The van der Waals surface area contributed by atoms with Crippen LogP contribution in [-0.2, 0) is 12.3 Å². The van der Waals surface area contributed by atoms with E-state index in [1.54, 1.807) is 10.1 Å². The molecule has 3 aromatic rings. The predicted molar refractivity (Wildman–Crippen MR) is 80.5 cm³/mol. The smallest absolute Gasteiger partial charge is 0.209 e. The van der Waals surface area contributed by atoms with Crippen molar-refractivity contribution in [3.8, 4) is 10.6 Å². The Morgan fingerprint density at radius 1 is 1.27 bits per heavy atom. The summed E-state index contributed by atoms with van der Waals surface area (Å²) >= 11 is 2.65. The van der Waals surface area contributed by atoms with Crippen LogP contribution in [0.3, 0.4) is 0 Å². The third-order valence-corrected chi connectivity index (χ3v) is 4.78. The molecule has 5 nitrogen and oxygen atoms in total. The van der Waals surface area contributed by atoms with Crippen molar-refractivity contribution in [1.82, 2.24) is 25.2 Å². The highest BCUT2D eigenvalue weighted by Gasteiger charge is 2.15. The Labute approximate surface area is 133 Å². The molecule has 114 valence electrons. The Morgan fingerprint density at radius 3 is 2.77 bits per heavy atom. The fourth-order valence-electron chi connectivity index (χ4n) is 1.83. The minimum atomic E-state index is -0.608. The summed E-state index contributed by atoms with van der Waals surface area (Å²) in [6.07, 6.45) is 0. The molecule has 0 fully saturated rings. The second-order valence-electron chi connectivity index (χ2n) is 4.31. The molecule has 0 bridgehead atoms. The van der Waals surface area contributed by atoms with E-state index >= 15 is 0 Å². The highest BCUT2D eigenvalue weighted by Crippen LogP contribution is 2.30. The van der Waals surface area contributed by atoms with Gasteiger partial charge in [0.15, 0.2) is 0 Å². The van der Waals surface area contributed by atoms with Crippen LogP contribution >= 0.6 is 23.1 Å². The van der Waals surface area contributed by atoms with Crippen molar-refractivity contribution >= 4 is 23.1 Å². The van der Waals surface area contributed by atoms with Crippen LogP contribution in [-0.4, -0.2) is 25.2 Å². The molecule has 0 radical (unpaired) electrons. The molecule has 0 aliphatic rings. The summed E-state index contributed by atoms with van der Waals surface area (Å²) in [5, 5.41) is 14.2. The van der Waals surface area contributed by atoms with E-state index in [0.29, 0.717) is 22.5 Å². The number of hydrogen-bond acceptors (Lipinski definition) is 6. The van der Waals surface area contributed by atoms with Crippen molar-refractivity contribution in [2.45, 2.75) is 24.4 Å². The van der Waals surface area contributed by atoms with Crippen molar-refractivity contribution in [1.29, 1.82) is 0 Å². The summed E-state index contributed by atoms with van der Waals surface area (Å²) in [4.78, 5) is 4.30. The quantitative estimate of drug-likeness (QED) is 0.667. The lowest BCUT2D eigenvalue weighted by Gasteiger charge is -2.00. The Balaban J connectivity index is 1.77. The van der Waals surface area contributed by atoms with Crippen LogP contribution in [0.4, 0.5) is 8.78 Å². The van der Waals surface area contributed by atoms with E-state index in [1.165, 1.54) is 41.3 Å². The number of benzene rings is 1. The number of thioether (sulfide) groups is 1. The molecular weight excluding hydrogens is 328 g/mol. The predicted octanol–water partition coefficient (Wildman–Crippen LogP) is 3.39. The molecule has 0 saturated heterocycles. The number of hydrogen-bond donors (Lipinski definition) is 0. The molecule has 3 rings (SSSR count). The molecule has 0 unspecified atom stereocenters. The zero-order valence-corrected chi connectivity index (χ0v) is 13.2. The molecule has 0 N–H and O–H groups in total. The third-order valence-electron chi connectivity index (χ3n) is 2.88. The van der Waals surface area contributed by atoms with Crippen molar-refractivity contribution in [3.05, 3.63) is 40.9 Å². The van der Waals surface area contributed by atoms with Crippen molar-refractivity contribution in [2.75, 3.05) is 0 Å². The van der Waals surface area contributed by atoms with E-state index in [2.05, 4.69) is 20.5 Å². The maximum Gasteiger partial charge on any atom is 0.209 e. The first-order chi connectivity index (χ1) is 10.7. The number of tetrazole rings is 1. The van der Waals surface area contributed by atoms with Crippen molar-refractivity contribution in [3.63, 3.8) is 0 Å². The average Bonchev–Trinajstić information content (AvgIpc) is 3.13. The molecule has 2 aromatic heterocycles. The lowest BCUT2D eigenvalue weighted by Crippen LogP contribution is -1.98. The molecular formula is C13H11F2N5S2. The van der Waals surface area contributed by atoms with Gasteiger partial charge in [0, 0.05) is 17.7 Å². The second-order valence-corrected chi connectivity index (χ2v) is 6.11. The maximum atomic E-state index is 13.7. The van der Waals surface area contributed by atoms with E-state index in [1.807, 2.05) is 6.92 Å². The number of thiazole rings is 1. The summed E-state index contributed by atoms with van der Waals surface area (Å²) in [6, 6.07) is 3.79. The van der Waals surface area contributed by atoms with Crippen LogP contribution in [0.5, 0.6) is 0 Å². The largest absolute Gasteiger partial charge is 0.240 e. The summed E-state index contributed by atoms with van der Waals surface area (Å²) in [6.45, 7) is 2.63. The maximum absolute atomic E-state index is 13.7. The van der Waals surface area contributed by atoms with Gasteiger partial charge < -0.3 is 0 Å². The first-order valence-electron chi connectivity index (χ1n) is 6.46. The van der Waals surface area contributed by atoms with Gasteiger partial charge in [-0.2, -0.15) is 0 Å². The van der Waals surface area contributed by atoms with Crippen LogP contribution in [0, 0.1) is 11.6 Å². The van der Waals surface area contributed by atoms with Gasteiger partial charge in [0.1, 0.15) is 16.6 Å². The number of nitrogens with zero attached hydrogens (tertiary/aromatic N) is 5. The van der Waals surface area contributed by atoms with Crippen LogP contribution < -0.4 is 0 Å². The van der Waals surface area contributed by atoms with Gasteiger partial charge in [-0.15, -0.1) is 16.4 Å². The van der Waals surface area contributed by atoms with Crippen LogP contribution in [0.2, 0.25) is 0 Å². The first kappa shape index (κ1) is 15.0. The van der Waals surface area contributed by atoms with Crippen LogP contribution in [0.15, 0.2) is 28.7 Å². The van der Waals surface area contributed by atoms with Gasteiger partial charge in [0.25, 0.3) is 0 Å². The first-order valence-corrected chi connectivity index (χ1v) is 8.33. The zero-order chi connectivity index (χ0) is 15.5. The average molecular weight is 339 g/mol. The molecule has 22 heavy (non-hydrogen) atoms. The van der Waals surface area contributed by atoms with Crippen molar-refractivity contribution < 1.29 is 8.78 Å². The van der Waals surface area contributed by atoms with E-state index in [0.717, 1.165) is 5.69 Å². The molecule has 0 saturated carbocycles. The van der Waals surface area contributed by atoms with E-state index in [4.69, 9.17) is 0 Å². The second kappa shape index (κ2) is 6.49. The third kappa shape index (κ3) is 3.00. The molecule has 0 spiro atoms. The highest BCUT2D eigenvalue weighted by molar-refractivity contribution is 7.98. The summed E-state index contributed by atoms with van der Waals surface area (Å²) in [7, 11) is 0. The van der Waals surface area contributed by atoms with Gasteiger partial charge in [0.2, 0.25) is 5.16 Å². The van der Waals surface area contributed by atoms with E-state index < -0.39 is 11.6 Å². The topological polar surface area (TPSA) is 56.5 Å². The van der Waals surface area contributed by atoms with Gasteiger partial charge in [-0.1, -0.05) is 17.8 Å². The Bertz CT molecular complexity index is 766. The molecule has 2 heterocycles. The molecule has 0 atom stereocenters. The SMILES string of the molecule is CCn1nnnc1SCc1csc(-c2c(F)cccc2F)n1. The fourth-order valence-corrected chi connectivity index (χ4v) is 3.63. The molecule has 9 heteroatoms. The number of aryl methyl sites for hydroxylation is 1. The van der Waals surface area contributed by atoms with Gasteiger partial charge in [-0.3, -0.25) is 0 Å². The van der Waals surface area contributed by atoms with E-state index in [-0.39, 0.29) is 5.56 Å². The fraction of sp³-hybridized carbons (Fsp3) is 0.231. The normalized spacial score (nSPS) is 11.0. The molecule has 1 aromatic carbocycles. The minimum absolute atomic E-state index is 0.0814. The van der Waals surface area contributed by atoms with Crippen molar-refractivity contribution in [2.24, 2.45) is 0 Å². The summed E-state index contributed by atoms with van der Waals surface area (Å²) in [5.41, 5.74) is 0.653. The molecule has 0 aliphatic heterocycles. The van der Waals surface area contributed by atoms with Crippen LogP contribution in [0.1, 0.15) is 12.6 Å². The molecule has 0 amide bonds. The number of aromatic nitrogens is 5. The monoisotopic (exact) mass is 339 g/mol. The Kier molecular flexibility index (Phi) is 4.44. The van der Waals surface area contributed by atoms with Crippen LogP contribution in [0.25, 0.3) is 10.6 Å². The summed E-state index contributed by atoms with van der Waals surface area (Å²) < 4.78 is 29.2. The minimum Gasteiger partial charge on any atom is -0.240 e. The lowest BCUT2D eigenvalue weighted by atomic mass is 10.2. The van der Waals surface area contributed by atoms with Gasteiger partial charge in [-0.25, -0.2) is 18.4 Å². The van der Waals surface area contributed by atoms with Gasteiger partial charge in [0.05, 0.1) is 11.3 Å². The number of rotatable bonds is 5. The molecule has 0 aliphatic carbocycles. The Hall–Kier alpha value is -1.87.